The van der Waals surface area contributed by atoms with Crippen LogP contribution < -0.4 is 11.1 Å². The van der Waals surface area contributed by atoms with Crippen LogP contribution in [0.1, 0.15) is 40.0 Å². The number of hydrogen-bond donors (Lipinski definition) is 2. The van der Waals surface area contributed by atoms with Crippen molar-refractivity contribution >= 4 is 23.1 Å². The normalized spacial score (nSPS) is 12.5. The summed E-state index contributed by atoms with van der Waals surface area (Å²) >= 11 is 4.83. The number of nitrogens with two attached hydrogens (primary N) is 1. The van der Waals surface area contributed by atoms with E-state index in [9.17, 15) is 4.79 Å². The minimum atomic E-state index is -0.306. The highest BCUT2D eigenvalue weighted by molar-refractivity contribution is 7.80. The molecule has 1 atom stereocenters. The summed E-state index contributed by atoms with van der Waals surface area (Å²) in [7, 11) is 0. The molecule has 0 fully saturated rings. The summed E-state index contributed by atoms with van der Waals surface area (Å²) in [5.41, 5.74) is 5.47. The molecule has 0 aliphatic rings. The zero-order valence-corrected chi connectivity index (χ0v) is 10.7. The van der Waals surface area contributed by atoms with Crippen molar-refractivity contribution in [1.82, 2.24) is 5.32 Å². The molecule has 4 heteroatoms. The molecule has 0 spiro atoms. The molecule has 0 radical (unpaired) electrons. The largest absolute Gasteiger partial charge is 0.393 e. The minimum Gasteiger partial charge on any atom is -0.393 e. The number of thiocarbonyl (C=S) groups is 1. The van der Waals surface area contributed by atoms with Gasteiger partial charge in [-0.25, -0.2) is 0 Å². The van der Waals surface area contributed by atoms with E-state index in [0.29, 0.717) is 17.3 Å². The first-order chi connectivity index (χ1) is 6.99. The number of hydrogen-bond acceptors (Lipinski definition) is 2. The first kappa shape index (κ1) is 14.4. The Hall–Kier alpha value is -0.640. The van der Waals surface area contributed by atoms with E-state index >= 15 is 0 Å². The molecule has 0 aliphatic carbocycles. The lowest BCUT2D eigenvalue weighted by atomic mass is 10.1. The van der Waals surface area contributed by atoms with Crippen LogP contribution in [0.5, 0.6) is 0 Å². The Kier molecular flexibility index (Phi) is 7.30. The summed E-state index contributed by atoms with van der Waals surface area (Å²) < 4.78 is 0. The van der Waals surface area contributed by atoms with Gasteiger partial charge in [0.2, 0.25) is 5.91 Å². The molecule has 88 valence electrons. The van der Waals surface area contributed by atoms with Gasteiger partial charge >= 0.3 is 0 Å². The van der Waals surface area contributed by atoms with E-state index in [1.807, 2.05) is 6.92 Å². The van der Waals surface area contributed by atoms with Gasteiger partial charge in [0.1, 0.15) is 0 Å². The molecule has 0 bridgehead atoms. The number of rotatable bonds is 7. The van der Waals surface area contributed by atoms with Gasteiger partial charge < -0.3 is 11.1 Å². The van der Waals surface area contributed by atoms with Crippen molar-refractivity contribution in [2.24, 2.45) is 17.6 Å². The predicted octanol–water partition coefficient (Wildman–Crippen LogP) is 1.85. The minimum absolute atomic E-state index is 0.0336. The van der Waals surface area contributed by atoms with Gasteiger partial charge in [-0.05, 0) is 25.2 Å². The highest BCUT2D eigenvalue weighted by atomic mass is 32.1. The topological polar surface area (TPSA) is 55.1 Å². The molecule has 0 heterocycles. The van der Waals surface area contributed by atoms with Crippen LogP contribution in [0.25, 0.3) is 0 Å². The van der Waals surface area contributed by atoms with E-state index in [0.717, 1.165) is 19.4 Å². The first-order valence-corrected chi connectivity index (χ1v) is 5.96. The second-order valence-corrected chi connectivity index (χ2v) is 4.66. The zero-order valence-electron chi connectivity index (χ0n) is 9.88. The van der Waals surface area contributed by atoms with Crippen molar-refractivity contribution in [2.45, 2.75) is 40.0 Å². The maximum Gasteiger partial charge on any atom is 0.229 e. The van der Waals surface area contributed by atoms with Crippen LogP contribution >= 0.6 is 12.2 Å². The average Bonchev–Trinajstić information content (AvgIpc) is 2.12. The summed E-state index contributed by atoms with van der Waals surface area (Å²) in [6.45, 7) is 6.98. The van der Waals surface area contributed by atoms with Gasteiger partial charge in [-0.2, -0.15) is 0 Å². The molecule has 15 heavy (non-hydrogen) atoms. The summed E-state index contributed by atoms with van der Waals surface area (Å²) in [6.07, 6.45) is 2.81. The Labute approximate surface area is 97.8 Å². The van der Waals surface area contributed by atoms with Crippen LogP contribution in [-0.4, -0.2) is 17.4 Å². The van der Waals surface area contributed by atoms with Gasteiger partial charge in [0.15, 0.2) is 0 Å². The summed E-state index contributed by atoms with van der Waals surface area (Å²) in [6, 6.07) is 0. The van der Waals surface area contributed by atoms with Gasteiger partial charge in [0.05, 0.1) is 10.9 Å². The molecule has 0 aromatic carbocycles. The second-order valence-electron chi connectivity index (χ2n) is 4.19. The fraction of sp³-hybridized carbons (Fsp3) is 0.818. The molecule has 3 N–H and O–H groups in total. The molecule has 0 aromatic rings. The Morgan fingerprint density at radius 1 is 1.47 bits per heavy atom. The number of amides is 1. The molecule has 0 saturated heterocycles. The van der Waals surface area contributed by atoms with Crippen molar-refractivity contribution in [2.75, 3.05) is 6.54 Å². The van der Waals surface area contributed by atoms with Gasteiger partial charge in [0, 0.05) is 6.54 Å². The van der Waals surface area contributed by atoms with Crippen LogP contribution in [0.4, 0.5) is 0 Å². The van der Waals surface area contributed by atoms with E-state index in [1.165, 1.54) is 0 Å². The summed E-state index contributed by atoms with van der Waals surface area (Å²) in [4.78, 5) is 11.9. The number of carbonyl (C=O) groups is 1. The van der Waals surface area contributed by atoms with Gasteiger partial charge in [-0.15, -0.1) is 0 Å². The van der Waals surface area contributed by atoms with E-state index in [4.69, 9.17) is 18.0 Å². The maximum absolute atomic E-state index is 11.6. The molecule has 0 saturated carbocycles. The second kappa shape index (κ2) is 7.63. The first-order valence-electron chi connectivity index (χ1n) is 5.56. The monoisotopic (exact) mass is 230 g/mol. The molecule has 0 rings (SSSR count). The molecule has 0 aliphatic heterocycles. The van der Waals surface area contributed by atoms with Crippen LogP contribution in [0.15, 0.2) is 0 Å². The van der Waals surface area contributed by atoms with Crippen LogP contribution in [-0.2, 0) is 4.79 Å². The van der Waals surface area contributed by atoms with E-state index < -0.39 is 0 Å². The van der Waals surface area contributed by atoms with Crippen molar-refractivity contribution in [3.8, 4) is 0 Å². The van der Waals surface area contributed by atoms with Crippen molar-refractivity contribution in [1.29, 1.82) is 0 Å². The maximum atomic E-state index is 11.6. The highest BCUT2D eigenvalue weighted by Gasteiger charge is 2.18. The van der Waals surface area contributed by atoms with Crippen molar-refractivity contribution in [3.63, 3.8) is 0 Å². The lowest BCUT2D eigenvalue weighted by Gasteiger charge is -2.13. The quantitative estimate of drug-likeness (QED) is 0.518. The molecule has 0 aromatic heterocycles. The fourth-order valence-corrected chi connectivity index (χ4v) is 1.63. The van der Waals surface area contributed by atoms with E-state index in [1.54, 1.807) is 0 Å². The third-order valence-electron chi connectivity index (χ3n) is 2.33. The van der Waals surface area contributed by atoms with Gasteiger partial charge in [-0.1, -0.05) is 33.0 Å². The number of carbonyl (C=O) groups excluding carboxylic acids is 1. The van der Waals surface area contributed by atoms with Crippen molar-refractivity contribution in [3.05, 3.63) is 0 Å². The highest BCUT2D eigenvalue weighted by Crippen LogP contribution is 2.04. The molecule has 3 nitrogen and oxygen atoms in total. The molecular formula is C11H22N2OS. The Bertz CT molecular complexity index is 217. The molecular weight excluding hydrogens is 208 g/mol. The smallest absolute Gasteiger partial charge is 0.229 e. The van der Waals surface area contributed by atoms with Crippen molar-refractivity contribution < 1.29 is 4.79 Å². The molecule has 1 unspecified atom stereocenters. The van der Waals surface area contributed by atoms with Gasteiger partial charge in [-0.3, -0.25) is 4.79 Å². The van der Waals surface area contributed by atoms with Gasteiger partial charge in [0.25, 0.3) is 0 Å². The number of nitrogens with one attached hydrogen (secondary N) is 1. The fourth-order valence-electron chi connectivity index (χ4n) is 1.36. The summed E-state index contributed by atoms with van der Waals surface area (Å²) in [5, 5.41) is 2.86. The van der Waals surface area contributed by atoms with Crippen LogP contribution in [0, 0.1) is 11.8 Å². The SMILES string of the molecule is CCC(C(=O)NCCCC(C)C)C(N)=S. The van der Waals surface area contributed by atoms with E-state index in [-0.39, 0.29) is 11.8 Å². The third kappa shape index (κ3) is 6.44. The lowest BCUT2D eigenvalue weighted by molar-refractivity contribution is -0.123. The standard InChI is InChI=1S/C11H22N2OS/c1-4-9(10(12)15)11(14)13-7-5-6-8(2)3/h8-9H,4-7H2,1-3H3,(H2,12,15)(H,13,14). The summed E-state index contributed by atoms with van der Waals surface area (Å²) in [5.74, 6) is 0.340. The van der Waals surface area contributed by atoms with Crippen LogP contribution in [0.2, 0.25) is 0 Å². The van der Waals surface area contributed by atoms with E-state index in [2.05, 4.69) is 19.2 Å². The average molecular weight is 230 g/mol. The lowest BCUT2D eigenvalue weighted by Crippen LogP contribution is -2.37. The Morgan fingerprint density at radius 3 is 2.47 bits per heavy atom. The third-order valence-corrected chi connectivity index (χ3v) is 2.61. The zero-order chi connectivity index (χ0) is 11.8. The molecule has 1 amide bonds. The van der Waals surface area contributed by atoms with Crippen LogP contribution in [0.3, 0.4) is 0 Å². The Balaban J connectivity index is 3.77. The predicted molar refractivity (Wildman–Crippen MR) is 67.6 cm³/mol. The Morgan fingerprint density at radius 2 is 2.07 bits per heavy atom.